The standard InChI is InChI=1S/C21H29N5O/c1-16(2)25-21-23-14-19(15-24-21)20(27)22-10-13-26-11-8-18(9-12-26)17-6-4-3-5-7-17/h3-7,14-16,18H,8-13H2,1-2H3,(H,22,27)(H,23,24,25). The zero-order valence-electron chi connectivity index (χ0n) is 16.2. The third-order valence-corrected chi connectivity index (χ3v) is 4.90. The fourth-order valence-electron chi connectivity index (χ4n) is 3.42. The Kier molecular flexibility index (Phi) is 6.76. The Hall–Kier alpha value is -2.47. The van der Waals surface area contributed by atoms with E-state index < -0.39 is 0 Å². The van der Waals surface area contributed by atoms with E-state index in [4.69, 9.17) is 0 Å². The van der Waals surface area contributed by atoms with Gasteiger partial charge in [-0.1, -0.05) is 30.3 Å². The van der Waals surface area contributed by atoms with Crippen LogP contribution in [-0.2, 0) is 0 Å². The van der Waals surface area contributed by atoms with Crippen molar-refractivity contribution in [3.05, 3.63) is 53.9 Å². The highest BCUT2D eigenvalue weighted by molar-refractivity contribution is 5.93. The normalized spacial score (nSPS) is 15.7. The van der Waals surface area contributed by atoms with Crippen molar-refractivity contribution in [3.8, 4) is 0 Å². The van der Waals surface area contributed by atoms with Gasteiger partial charge in [-0.3, -0.25) is 4.79 Å². The summed E-state index contributed by atoms with van der Waals surface area (Å²) >= 11 is 0. The van der Waals surface area contributed by atoms with Gasteiger partial charge < -0.3 is 15.5 Å². The van der Waals surface area contributed by atoms with E-state index in [1.807, 2.05) is 13.8 Å². The van der Waals surface area contributed by atoms with Gasteiger partial charge in [-0.05, 0) is 51.3 Å². The lowest BCUT2D eigenvalue weighted by Gasteiger charge is -2.32. The second-order valence-corrected chi connectivity index (χ2v) is 7.38. The monoisotopic (exact) mass is 367 g/mol. The SMILES string of the molecule is CC(C)Nc1ncc(C(=O)NCCN2CCC(c3ccccc3)CC2)cn1. The molecule has 27 heavy (non-hydrogen) atoms. The Morgan fingerprint density at radius 3 is 2.44 bits per heavy atom. The molecule has 0 radical (unpaired) electrons. The van der Waals surface area contributed by atoms with Gasteiger partial charge in [0.2, 0.25) is 5.95 Å². The minimum atomic E-state index is -0.120. The average Bonchev–Trinajstić information content (AvgIpc) is 2.69. The second kappa shape index (κ2) is 9.46. The van der Waals surface area contributed by atoms with Crippen molar-refractivity contribution < 1.29 is 4.79 Å². The molecule has 1 aromatic heterocycles. The molecule has 1 aromatic carbocycles. The first-order valence-corrected chi connectivity index (χ1v) is 9.76. The number of piperidine rings is 1. The van der Waals surface area contributed by atoms with Crippen LogP contribution in [0.15, 0.2) is 42.7 Å². The number of amides is 1. The van der Waals surface area contributed by atoms with Gasteiger partial charge in [-0.2, -0.15) is 0 Å². The van der Waals surface area contributed by atoms with Crippen molar-refractivity contribution >= 4 is 11.9 Å². The summed E-state index contributed by atoms with van der Waals surface area (Å²) in [5, 5.41) is 6.08. The molecule has 6 heteroatoms. The number of benzene rings is 1. The molecule has 1 aliphatic rings. The Bertz CT molecular complexity index is 709. The Balaban J connectivity index is 1.38. The molecule has 2 N–H and O–H groups in total. The number of nitrogens with one attached hydrogen (secondary N) is 2. The van der Waals surface area contributed by atoms with Crippen LogP contribution in [0, 0.1) is 0 Å². The van der Waals surface area contributed by atoms with E-state index in [-0.39, 0.29) is 11.9 Å². The van der Waals surface area contributed by atoms with Gasteiger partial charge in [-0.25, -0.2) is 9.97 Å². The smallest absolute Gasteiger partial charge is 0.254 e. The van der Waals surface area contributed by atoms with Gasteiger partial charge in [0.05, 0.1) is 5.56 Å². The minimum Gasteiger partial charge on any atom is -0.352 e. The van der Waals surface area contributed by atoms with Gasteiger partial charge >= 0.3 is 0 Å². The lowest BCUT2D eigenvalue weighted by Crippen LogP contribution is -2.39. The number of carbonyl (C=O) groups excluding carboxylic acids is 1. The average molecular weight is 367 g/mol. The largest absolute Gasteiger partial charge is 0.352 e. The maximum Gasteiger partial charge on any atom is 0.254 e. The third-order valence-electron chi connectivity index (χ3n) is 4.90. The van der Waals surface area contributed by atoms with Gasteiger partial charge in [0.1, 0.15) is 0 Å². The van der Waals surface area contributed by atoms with Crippen LogP contribution in [0.3, 0.4) is 0 Å². The molecule has 3 rings (SSSR count). The van der Waals surface area contributed by atoms with Crippen molar-refractivity contribution in [3.63, 3.8) is 0 Å². The van der Waals surface area contributed by atoms with Crippen LogP contribution in [0.4, 0.5) is 5.95 Å². The summed E-state index contributed by atoms with van der Waals surface area (Å²) in [4.78, 5) is 23.0. The van der Waals surface area contributed by atoms with Crippen LogP contribution in [-0.4, -0.2) is 53.0 Å². The van der Waals surface area contributed by atoms with Crippen LogP contribution >= 0.6 is 0 Å². The van der Waals surface area contributed by atoms with Crippen molar-refractivity contribution in [1.82, 2.24) is 20.2 Å². The van der Waals surface area contributed by atoms with E-state index in [0.717, 1.165) is 19.6 Å². The van der Waals surface area contributed by atoms with Crippen molar-refractivity contribution in [2.24, 2.45) is 0 Å². The van der Waals surface area contributed by atoms with Crippen LogP contribution in [0.25, 0.3) is 0 Å². The first kappa shape index (κ1) is 19.3. The molecule has 1 saturated heterocycles. The minimum absolute atomic E-state index is 0.120. The number of carbonyl (C=O) groups is 1. The van der Waals surface area contributed by atoms with E-state index in [0.29, 0.717) is 24.0 Å². The van der Waals surface area contributed by atoms with Crippen LogP contribution < -0.4 is 10.6 Å². The predicted molar refractivity (Wildman–Crippen MR) is 108 cm³/mol. The predicted octanol–water partition coefficient (Wildman–Crippen LogP) is 2.91. The Labute approximate surface area is 161 Å². The van der Waals surface area contributed by atoms with Gasteiger partial charge in [0.15, 0.2) is 0 Å². The Morgan fingerprint density at radius 2 is 1.81 bits per heavy atom. The zero-order chi connectivity index (χ0) is 19.1. The highest BCUT2D eigenvalue weighted by atomic mass is 16.1. The number of aromatic nitrogens is 2. The van der Waals surface area contributed by atoms with E-state index in [1.54, 1.807) is 12.4 Å². The number of hydrogen-bond donors (Lipinski definition) is 2. The summed E-state index contributed by atoms with van der Waals surface area (Å²) in [5.41, 5.74) is 1.94. The van der Waals surface area contributed by atoms with Crippen molar-refractivity contribution in [2.75, 3.05) is 31.5 Å². The molecule has 144 valence electrons. The molecule has 0 saturated carbocycles. The molecule has 6 nitrogen and oxygen atoms in total. The van der Waals surface area contributed by atoms with Gasteiger partial charge in [-0.15, -0.1) is 0 Å². The number of anilines is 1. The second-order valence-electron chi connectivity index (χ2n) is 7.38. The van der Waals surface area contributed by atoms with Crippen LogP contribution in [0.1, 0.15) is 48.5 Å². The van der Waals surface area contributed by atoms with Crippen molar-refractivity contribution in [2.45, 2.75) is 38.6 Å². The quantitative estimate of drug-likeness (QED) is 0.787. The molecular weight excluding hydrogens is 338 g/mol. The fourth-order valence-corrected chi connectivity index (χ4v) is 3.42. The Morgan fingerprint density at radius 1 is 1.15 bits per heavy atom. The van der Waals surface area contributed by atoms with Crippen LogP contribution in [0.2, 0.25) is 0 Å². The van der Waals surface area contributed by atoms with E-state index >= 15 is 0 Å². The molecule has 0 unspecified atom stereocenters. The van der Waals surface area contributed by atoms with Gasteiger partial charge in [0, 0.05) is 31.5 Å². The summed E-state index contributed by atoms with van der Waals surface area (Å²) in [6.45, 7) is 7.71. The molecule has 0 spiro atoms. The highest BCUT2D eigenvalue weighted by Gasteiger charge is 2.20. The van der Waals surface area contributed by atoms with Crippen molar-refractivity contribution in [1.29, 1.82) is 0 Å². The molecule has 1 amide bonds. The number of nitrogens with zero attached hydrogens (tertiary/aromatic N) is 3. The summed E-state index contributed by atoms with van der Waals surface area (Å²) in [6, 6.07) is 11.0. The highest BCUT2D eigenvalue weighted by Crippen LogP contribution is 2.27. The first-order valence-electron chi connectivity index (χ1n) is 9.76. The van der Waals surface area contributed by atoms with E-state index in [1.165, 1.54) is 18.4 Å². The molecule has 0 atom stereocenters. The fraction of sp³-hybridized carbons (Fsp3) is 0.476. The lowest BCUT2D eigenvalue weighted by molar-refractivity contribution is 0.0945. The summed E-state index contributed by atoms with van der Waals surface area (Å²) in [5.74, 6) is 1.08. The molecular formula is C21H29N5O. The summed E-state index contributed by atoms with van der Waals surface area (Å²) in [6.07, 6.45) is 5.49. The number of hydrogen-bond acceptors (Lipinski definition) is 5. The molecule has 0 bridgehead atoms. The third kappa shape index (κ3) is 5.76. The molecule has 1 fully saturated rings. The van der Waals surface area contributed by atoms with Gasteiger partial charge in [0.25, 0.3) is 5.91 Å². The summed E-state index contributed by atoms with van der Waals surface area (Å²) < 4.78 is 0. The zero-order valence-corrected chi connectivity index (χ0v) is 16.2. The number of likely N-dealkylation sites (tertiary alicyclic amines) is 1. The lowest BCUT2D eigenvalue weighted by atomic mass is 9.89. The number of rotatable bonds is 7. The van der Waals surface area contributed by atoms with Crippen LogP contribution in [0.5, 0.6) is 0 Å². The first-order chi connectivity index (χ1) is 13.1. The molecule has 0 aliphatic carbocycles. The van der Waals surface area contributed by atoms with E-state index in [2.05, 4.69) is 55.8 Å². The maximum atomic E-state index is 12.2. The molecule has 2 heterocycles. The molecule has 2 aromatic rings. The molecule has 1 aliphatic heterocycles. The summed E-state index contributed by atoms with van der Waals surface area (Å²) in [7, 11) is 0. The van der Waals surface area contributed by atoms with E-state index in [9.17, 15) is 4.79 Å². The topological polar surface area (TPSA) is 70.2 Å². The maximum absolute atomic E-state index is 12.2.